The number of rotatable bonds is 11. The molecule has 6 nitrogen and oxygen atoms in total. The molecular formula is C58H62N6. The van der Waals surface area contributed by atoms with Gasteiger partial charge in [0.25, 0.3) is 0 Å². The van der Waals surface area contributed by atoms with Crippen molar-refractivity contribution in [1.29, 1.82) is 0 Å². The average molecular weight is 843 g/mol. The normalized spacial score (nSPS) is 12.1. The van der Waals surface area contributed by atoms with Gasteiger partial charge in [-0.15, -0.1) is 6.58 Å². The first-order chi connectivity index (χ1) is 31.4. The molecule has 64 heavy (non-hydrogen) atoms. The monoisotopic (exact) mass is 843 g/mol. The Balaban J connectivity index is 0.000000567. The van der Waals surface area contributed by atoms with Gasteiger partial charge in [0, 0.05) is 45.9 Å². The highest BCUT2D eigenvalue weighted by Gasteiger charge is 2.20. The van der Waals surface area contributed by atoms with Crippen molar-refractivity contribution in [2.24, 2.45) is 9.98 Å². The van der Waals surface area contributed by atoms with Gasteiger partial charge in [-0.25, -0.2) is 4.68 Å². The first-order valence-corrected chi connectivity index (χ1v) is 22.2. The van der Waals surface area contributed by atoms with Crippen LogP contribution in [0.2, 0.25) is 0 Å². The number of nitrogens with zero attached hydrogens (tertiary/aromatic N) is 6. The Kier molecular flexibility index (Phi) is 18.5. The van der Waals surface area contributed by atoms with Gasteiger partial charge in [-0.2, -0.15) is 5.10 Å². The molecule has 0 saturated heterocycles. The maximum absolute atomic E-state index is 5.32. The minimum Gasteiger partial charge on any atom is -0.294 e. The van der Waals surface area contributed by atoms with E-state index in [2.05, 4.69) is 170 Å². The standard InChI is InChI=1S/C47H41N5.C6H7N.C3H8.C2H6/c1-5-7-9-13-19-34(3)52-43-27-28-44-47(41(43)33-50-52)40-29-38-26-18-25-36(22-12-8-6-2)39(38)30-45(40)51(44)46(49-32-35-20-14-10-15-21-35)31-42(48-4)37-23-16-11-17-24-37;1-6-2-4-7-5-3-6;1-3-2;1-2/h5-6,8-31,33H,1,4,7,32H2,2-3H3;2-5H,1H3;3H2,1-2H3;1-2H3/b8-6-,13-9?,22-12-,34-19+,42-31-,49-46?;;;. The predicted molar refractivity (Wildman–Crippen MR) is 281 cm³/mol. The van der Waals surface area contributed by atoms with E-state index in [4.69, 9.17) is 10.1 Å². The minimum absolute atomic E-state index is 0.501. The van der Waals surface area contributed by atoms with Crippen LogP contribution in [0.4, 0.5) is 0 Å². The molecule has 8 aromatic rings. The van der Waals surface area contributed by atoms with E-state index in [-0.39, 0.29) is 0 Å². The number of aryl methyl sites for hydroxylation is 1. The van der Waals surface area contributed by atoms with Crippen LogP contribution in [0.25, 0.3) is 61.0 Å². The van der Waals surface area contributed by atoms with Gasteiger partial charge in [0.05, 0.1) is 35.0 Å². The summed E-state index contributed by atoms with van der Waals surface area (Å²) in [7, 11) is 0. The second-order valence-corrected chi connectivity index (χ2v) is 14.8. The summed E-state index contributed by atoms with van der Waals surface area (Å²) in [5, 5.41) is 10.6. The molecule has 0 bridgehead atoms. The van der Waals surface area contributed by atoms with Crippen molar-refractivity contribution in [3.05, 3.63) is 211 Å². The summed E-state index contributed by atoms with van der Waals surface area (Å²) in [6.45, 7) is 22.7. The Morgan fingerprint density at radius 3 is 2.12 bits per heavy atom. The lowest BCUT2D eigenvalue weighted by molar-refractivity contribution is 0.925. The van der Waals surface area contributed by atoms with Crippen LogP contribution in [0.5, 0.6) is 0 Å². The van der Waals surface area contributed by atoms with E-state index < -0.39 is 0 Å². The van der Waals surface area contributed by atoms with Crippen LogP contribution in [-0.4, -0.2) is 31.9 Å². The summed E-state index contributed by atoms with van der Waals surface area (Å²) in [5.41, 5.74) is 9.40. The summed E-state index contributed by atoms with van der Waals surface area (Å²) >= 11 is 0. The number of aromatic nitrogens is 4. The minimum atomic E-state index is 0.501. The van der Waals surface area contributed by atoms with Gasteiger partial charge in [-0.3, -0.25) is 19.5 Å². The van der Waals surface area contributed by atoms with Gasteiger partial charge >= 0.3 is 0 Å². The van der Waals surface area contributed by atoms with E-state index in [0.717, 1.165) is 83.8 Å². The van der Waals surface area contributed by atoms with E-state index >= 15 is 0 Å². The van der Waals surface area contributed by atoms with Crippen molar-refractivity contribution >= 4 is 73.5 Å². The molecule has 8 rings (SSSR count). The summed E-state index contributed by atoms with van der Waals surface area (Å²) in [5.74, 6) is 0.770. The molecule has 0 atom stereocenters. The van der Waals surface area contributed by atoms with Crippen molar-refractivity contribution in [2.45, 2.75) is 67.9 Å². The van der Waals surface area contributed by atoms with Crippen LogP contribution in [0.15, 0.2) is 199 Å². The van der Waals surface area contributed by atoms with Crippen molar-refractivity contribution in [3.63, 3.8) is 0 Å². The second kappa shape index (κ2) is 24.9. The second-order valence-electron chi connectivity index (χ2n) is 14.8. The zero-order chi connectivity index (χ0) is 45.7. The predicted octanol–water partition coefficient (Wildman–Crippen LogP) is 15.9. The molecule has 0 spiro atoms. The molecular weight excluding hydrogens is 781 g/mol. The van der Waals surface area contributed by atoms with Gasteiger partial charge in [-0.1, -0.05) is 156 Å². The average Bonchev–Trinajstić information content (AvgIpc) is 3.91. The molecule has 0 fully saturated rings. The van der Waals surface area contributed by atoms with Gasteiger partial charge in [0.2, 0.25) is 0 Å². The highest BCUT2D eigenvalue weighted by molar-refractivity contribution is 6.26. The van der Waals surface area contributed by atoms with Gasteiger partial charge in [0.1, 0.15) is 5.84 Å². The van der Waals surface area contributed by atoms with Crippen molar-refractivity contribution < 1.29 is 0 Å². The van der Waals surface area contributed by atoms with Crippen LogP contribution >= 0.6 is 0 Å². The van der Waals surface area contributed by atoms with Crippen LogP contribution in [-0.2, 0) is 6.54 Å². The first-order valence-electron chi connectivity index (χ1n) is 22.2. The van der Waals surface area contributed by atoms with E-state index in [0.29, 0.717) is 6.54 Å². The number of aliphatic imine (C=N–C) groups is 2. The lowest BCUT2D eigenvalue weighted by atomic mass is 10.0. The lowest BCUT2D eigenvalue weighted by Gasteiger charge is -2.12. The molecule has 0 N–H and O–H groups in total. The molecule has 0 aliphatic rings. The smallest absolute Gasteiger partial charge is 0.135 e. The van der Waals surface area contributed by atoms with Gasteiger partial charge < -0.3 is 0 Å². The van der Waals surface area contributed by atoms with Crippen molar-refractivity contribution in [2.75, 3.05) is 0 Å². The number of hydrogen-bond acceptors (Lipinski definition) is 4. The molecule has 0 radical (unpaired) electrons. The third-order valence-corrected chi connectivity index (χ3v) is 10.1. The molecule has 5 aromatic carbocycles. The number of pyridine rings is 1. The van der Waals surface area contributed by atoms with Crippen LogP contribution in [0, 0.1) is 6.92 Å². The zero-order valence-corrected chi connectivity index (χ0v) is 38.6. The summed E-state index contributed by atoms with van der Waals surface area (Å²) in [6.07, 6.45) is 26.2. The fraction of sp³-hybridized carbons (Fsp3) is 0.172. The summed E-state index contributed by atoms with van der Waals surface area (Å²) < 4.78 is 4.30. The quantitative estimate of drug-likeness (QED) is 0.0564. The molecule has 0 unspecified atom stereocenters. The fourth-order valence-corrected chi connectivity index (χ4v) is 7.12. The number of allylic oxidation sites excluding steroid dienone is 9. The molecule has 0 amide bonds. The lowest BCUT2D eigenvalue weighted by Crippen LogP contribution is -2.10. The molecule has 3 heterocycles. The largest absolute Gasteiger partial charge is 0.294 e. The molecule has 0 aliphatic heterocycles. The van der Waals surface area contributed by atoms with Crippen LogP contribution < -0.4 is 0 Å². The highest BCUT2D eigenvalue weighted by Crippen LogP contribution is 2.39. The summed E-state index contributed by atoms with van der Waals surface area (Å²) in [4.78, 5) is 13.7. The highest BCUT2D eigenvalue weighted by atomic mass is 15.3. The zero-order valence-electron chi connectivity index (χ0n) is 38.6. The molecule has 324 valence electrons. The molecule has 3 aromatic heterocycles. The summed E-state index contributed by atoms with van der Waals surface area (Å²) in [6, 6.07) is 39.9. The van der Waals surface area contributed by atoms with Gasteiger partial charge in [0.15, 0.2) is 0 Å². The van der Waals surface area contributed by atoms with E-state index in [1.54, 1.807) is 12.4 Å². The van der Waals surface area contributed by atoms with Crippen LogP contribution in [0.3, 0.4) is 0 Å². The maximum atomic E-state index is 5.32. The number of benzene rings is 5. The van der Waals surface area contributed by atoms with E-state index in [1.165, 1.54) is 12.0 Å². The van der Waals surface area contributed by atoms with E-state index in [9.17, 15) is 0 Å². The molecule has 0 saturated carbocycles. The Morgan fingerprint density at radius 1 is 0.766 bits per heavy atom. The van der Waals surface area contributed by atoms with Crippen LogP contribution in [0.1, 0.15) is 76.6 Å². The molecule has 0 aliphatic carbocycles. The third-order valence-electron chi connectivity index (χ3n) is 10.1. The van der Waals surface area contributed by atoms with Crippen molar-refractivity contribution in [3.8, 4) is 0 Å². The Morgan fingerprint density at radius 2 is 1.47 bits per heavy atom. The van der Waals surface area contributed by atoms with Gasteiger partial charge in [-0.05, 0) is 104 Å². The number of fused-ring (bicyclic) bond motifs is 6. The van der Waals surface area contributed by atoms with Crippen molar-refractivity contribution in [1.82, 2.24) is 19.3 Å². The number of hydrogen-bond donors (Lipinski definition) is 0. The SMILES string of the molecule is C=CCC=C/C=C(\C)n1ncc2c3c4cc5cccc(/C=C\C=C/C)c5cc4n(C(/C=C(\N=C)c4ccccc4)=NCc4ccccc4)c3ccc21.CC.CCC.Cc1ccncc1. The Bertz CT molecular complexity index is 2940. The Hall–Kier alpha value is -7.44. The van der Waals surface area contributed by atoms with E-state index in [1.807, 2.05) is 87.1 Å². The third kappa shape index (κ3) is 11.9. The molecule has 6 heteroatoms. The first kappa shape index (κ1) is 47.6. The topological polar surface area (TPSA) is 60.4 Å². The Labute approximate surface area is 380 Å². The fourth-order valence-electron chi connectivity index (χ4n) is 7.12. The maximum Gasteiger partial charge on any atom is 0.135 e.